The third-order valence-corrected chi connectivity index (χ3v) is 3.10. The number of rotatable bonds is 0. The molecule has 2 amide bonds. The largest absolute Gasteiger partial charge is 0.341 e. The summed E-state index contributed by atoms with van der Waals surface area (Å²) in [4.78, 5) is 13.6. The van der Waals surface area contributed by atoms with E-state index in [1.807, 2.05) is 4.90 Å². The lowest BCUT2D eigenvalue weighted by Gasteiger charge is -2.27. The molecule has 2 saturated heterocycles. The first kappa shape index (κ1) is 8.81. The number of urea groups is 1. The molecule has 74 valence electrons. The number of nitrogens with zero attached hydrogens (tertiary/aromatic N) is 1. The number of hydrogen-bond acceptors (Lipinski definition) is 2. The van der Waals surface area contributed by atoms with Crippen LogP contribution in [-0.4, -0.2) is 43.2 Å². The van der Waals surface area contributed by atoms with Gasteiger partial charge in [-0.3, -0.25) is 0 Å². The van der Waals surface area contributed by atoms with Crippen LogP contribution in [0.3, 0.4) is 0 Å². The molecule has 0 aromatic heterocycles. The van der Waals surface area contributed by atoms with Gasteiger partial charge >= 0.3 is 6.03 Å². The van der Waals surface area contributed by atoms with Crippen LogP contribution in [0.4, 0.5) is 4.79 Å². The minimum absolute atomic E-state index is 0.0937. The van der Waals surface area contributed by atoms with Crippen LogP contribution in [0.2, 0.25) is 0 Å². The van der Waals surface area contributed by atoms with E-state index in [9.17, 15) is 4.79 Å². The fourth-order valence-corrected chi connectivity index (χ4v) is 2.44. The van der Waals surface area contributed by atoms with Crippen LogP contribution in [0.15, 0.2) is 0 Å². The minimum atomic E-state index is 0.0937. The van der Waals surface area contributed by atoms with E-state index in [0.29, 0.717) is 12.1 Å². The average Bonchev–Trinajstić information content (AvgIpc) is 2.38. The summed E-state index contributed by atoms with van der Waals surface area (Å²) >= 11 is 0. The molecule has 0 aliphatic carbocycles. The van der Waals surface area contributed by atoms with Gasteiger partial charge in [0.1, 0.15) is 0 Å². The maximum Gasteiger partial charge on any atom is 0.317 e. The fraction of sp³-hybridized carbons (Fsp3) is 0.889. The lowest BCUT2D eigenvalue weighted by atomic mass is 10.1. The standard InChI is InChI=1S/C9H17N3O/c1-10-9(13)12-7-2-3-8(12)6-11-5-4-7/h7-8,11H,2-6H2,1H3,(H,10,13). The maximum atomic E-state index is 11.6. The topological polar surface area (TPSA) is 44.4 Å². The molecule has 13 heavy (non-hydrogen) atoms. The van der Waals surface area contributed by atoms with Gasteiger partial charge in [-0.05, 0) is 25.8 Å². The number of nitrogens with one attached hydrogen (secondary N) is 2. The van der Waals surface area contributed by atoms with Crippen molar-refractivity contribution in [2.75, 3.05) is 20.1 Å². The van der Waals surface area contributed by atoms with E-state index >= 15 is 0 Å². The highest BCUT2D eigenvalue weighted by Crippen LogP contribution is 2.27. The fourth-order valence-electron chi connectivity index (χ4n) is 2.44. The Morgan fingerprint density at radius 1 is 1.38 bits per heavy atom. The van der Waals surface area contributed by atoms with Crippen LogP contribution in [0.25, 0.3) is 0 Å². The zero-order chi connectivity index (χ0) is 9.26. The Morgan fingerprint density at radius 2 is 2.15 bits per heavy atom. The van der Waals surface area contributed by atoms with Gasteiger partial charge in [-0.25, -0.2) is 4.79 Å². The molecular formula is C9H17N3O. The molecular weight excluding hydrogens is 166 g/mol. The van der Waals surface area contributed by atoms with Gasteiger partial charge in [-0.15, -0.1) is 0 Å². The number of hydrogen-bond donors (Lipinski definition) is 2. The van der Waals surface area contributed by atoms with Crippen LogP contribution >= 0.6 is 0 Å². The minimum Gasteiger partial charge on any atom is -0.341 e. The molecule has 0 radical (unpaired) electrons. The molecule has 4 heteroatoms. The summed E-state index contributed by atoms with van der Waals surface area (Å²) in [6, 6.07) is 0.989. The van der Waals surface area contributed by atoms with E-state index in [-0.39, 0.29) is 6.03 Å². The molecule has 2 aliphatic heterocycles. The molecule has 2 atom stereocenters. The van der Waals surface area contributed by atoms with Gasteiger partial charge in [0.15, 0.2) is 0 Å². The van der Waals surface area contributed by atoms with Crippen molar-refractivity contribution in [1.29, 1.82) is 0 Å². The van der Waals surface area contributed by atoms with Gasteiger partial charge < -0.3 is 15.5 Å². The van der Waals surface area contributed by atoms with Crippen LogP contribution in [0, 0.1) is 0 Å². The molecule has 4 nitrogen and oxygen atoms in total. The molecule has 0 aromatic carbocycles. The quantitative estimate of drug-likeness (QED) is 0.561. The van der Waals surface area contributed by atoms with Crippen LogP contribution in [0.5, 0.6) is 0 Å². The first-order valence-electron chi connectivity index (χ1n) is 5.03. The molecule has 0 spiro atoms. The van der Waals surface area contributed by atoms with Crippen molar-refractivity contribution < 1.29 is 4.79 Å². The zero-order valence-corrected chi connectivity index (χ0v) is 8.05. The Balaban J connectivity index is 2.11. The summed E-state index contributed by atoms with van der Waals surface area (Å²) in [5.41, 5.74) is 0. The molecule has 2 bridgehead atoms. The van der Waals surface area contributed by atoms with Crippen LogP contribution in [-0.2, 0) is 0 Å². The van der Waals surface area contributed by atoms with E-state index in [2.05, 4.69) is 10.6 Å². The van der Waals surface area contributed by atoms with Crippen molar-refractivity contribution >= 4 is 6.03 Å². The first-order chi connectivity index (χ1) is 6.33. The highest BCUT2D eigenvalue weighted by molar-refractivity contribution is 5.75. The Bertz CT molecular complexity index is 193. The second-order valence-electron chi connectivity index (χ2n) is 3.84. The molecule has 2 fully saturated rings. The second kappa shape index (κ2) is 3.54. The van der Waals surface area contributed by atoms with E-state index in [1.54, 1.807) is 7.05 Å². The maximum absolute atomic E-state index is 11.6. The van der Waals surface area contributed by atoms with E-state index in [1.165, 1.54) is 6.42 Å². The van der Waals surface area contributed by atoms with Gasteiger partial charge in [0.25, 0.3) is 0 Å². The summed E-state index contributed by atoms with van der Waals surface area (Å²) in [5.74, 6) is 0. The number of carbonyl (C=O) groups is 1. The summed E-state index contributed by atoms with van der Waals surface area (Å²) in [6.07, 6.45) is 3.44. The predicted octanol–water partition coefficient (Wildman–Crippen LogP) is 0.152. The lowest BCUT2D eigenvalue weighted by Crippen LogP contribution is -2.46. The average molecular weight is 183 g/mol. The van der Waals surface area contributed by atoms with Crippen molar-refractivity contribution in [2.24, 2.45) is 0 Å². The molecule has 2 rings (SSSR count). The molecule has 2 heterocycles. The predicted molar refractivity (Wildman–Crippen MR) is 50.6 cm³/mol. The van der Waals surface area contributed by atoms with Crippen molar-refractivity contribution in [3.05, 3.63) is 0 Å². The van der Waals surface area contributed by atoms with E-state index in [4.69, 9.17) is 0 Å². The number of carbonyl (C=O) groups excluding carboxylic acids is 1. The monoisotopic (exact) mass is 183 g/mol. The number of amides is 2. The van der Waals surface area contributed by atoms with Crippen molar-refractivity contribution in [2.45, 2.75) is 31.3 Å². The van der Waals surface area contributed by atoms with Crippen LogP contribution in [0.1, 0.15) is 19.3 Å². The van der Waals surface area contributed by atoms with Crippen molar-refractivity contribution in [1.82, 2.24) is 15.5 Å². The van der Waals surface area contributed by atoms with Crippen molar-refractivity contribution in [3.63, 3.8) is 0 Å². The molecule has 0 saturated carbocycles. The van der Waals surface area contributed by atoms with Gasteiger partial charge in [0.05, 0.1) is 0 Å². The normalized spacial score (nSPS) is 32.8. The zero-order valence-electron chi connectivity index (χ0n) is 8.05. The Hall–Kier alpha value is -0.770. The Kier molecular flexibility index (Phi) is 2.40. The smallest absolute Gasteiger partial charge is 0.317 e. The van der Waals surface area contributed by atoms with E-state index < -0.39 is 0 Å². The SMILES string of the molecule is CNC(=O)N1C2CCNCC1CC2. The van der Waals surface area contributed by atoms with Gasteiger partial charge in [-0.2, -0.15) is 0 Å². The van der Waals surface area contributed by atoms with Crippen molar-refractivity contribution in [3.8, 4) is 0 Å². The summed E-state index contributed by atoms with van der Waals surface area (Å²) in [6.45, 7) is 2.01. The highest BCUT2D eigenvalue weighted by Gasteiger charge is 2.37. The summed E-state index contributed by atoms with van der Waals surface area (Å²) in [5, 5.41) is 6.09. The van der Waals surface area contributed by atoms with Gasteiger partial charge in [-0.1, -0.05) is 0 Å². The lowest BCUT2D eigenvalue weighted by molar-refractivity contribution is 0.178. The highest BCUT2D eigenvalue weighted by atomic mass is 16.2. The Labute approximate surface area is 78.7 Å². The third kappa shape index (κ3) is 1.50. The number of fused-ring (bicyclic) bond motifs is 2. The first-order valence-corrected chi connectivity index (χ1v) is 5.03. The second-order valence-corrected chi connectivity index (χ2v) is 3.84. The molecule has 0 aromatic rings. The van der Waals surface area contributed by atoms with Crippen LogP contribution < -0.4 is 10.6 Å². The summed E-state index contributed by atoms with van der Waals surface area (Å²) in [7, 11) is 1.71. The summed E-state index contributed by atoms with van der Waals surface area (Å²) < 4.78 is 0. The Morgan fingerprint density at radius 3 is 2.92 bits per heavy atom. The van der Waals surface area contributed by atoms with Gasteiger partial charge in [0.2, 0.25) is 0 Å². The van der Waals surface area contributed by atoms with E-state index in [0.717, 1.165) is 25.9 Å². The van der Waals surface area contributed by atoms with Gasteiger partial charge in [0, 0.05) is 25.7 Å². The molecule has 2 N–H and O–H groups in total. The molecule has 2 unspecified atom stereocenters. The third-order valence-electron chi connectivity index (χ3n) is 3.10. The molecule has 2 aliphatic rings.